The first-order valence-electron chi connectivity index (χ1n) is 8.57. The molecular formula is C23H24O. The summed E-state index contributed by atoms with van der Waals surface area (Å²) in [5.74, 6) is 0.632. The van der Waals surface area contributed by atoms with Crippen molar-refractivity contribution in [3.63, 3.8) is 0 Å². The highest BCUT2D eigenvalue weighted by Gasteiger charge is 2.39. The van der Waals surface area contributed by atoms with E-state index in [0.29, 0.717) is 5.75 Å². The van der Waals surface area contributed by atoms with Crippen LogP contribution in [-0.4, -0.2) is 5.11 Å². The molecule has 0 saturated carbocycles. The molecule has 1 N–H and O–H groups in total. The van der Waals surface area contributed by atoms with Crippen LogP contribution < -0.4 is 0 Å². The third kappa shape index (κ3) is 2.82. The van der Waals surface area contributed by atoms with Gasteiger partial charge in [0, 0.05) is 11.0 Å². The molecule has 0 amide bonds. The lowest BCUT2D eigenvalue weighted by Gasteiger charge is -2.39. The Labute approximate surface area is 144 Å². The lowest BCUT2D eigenvalue weighted by Crippen LogP contribution is -2.32. The van der Waals surface area contributed by atoms with Crippen LogP contribution in [0.4, 0.5) is 0 Å². The van der Waals surface area contributed by atoms with E-state index in [4.69, 9.17) is 0 Å². The number of phenolic OH excluding ortho intramolecular Hbond substituents is 1. The van der Waals surface area contributed by atoms with E-state index in [1.807, 2.05) is 24.3 Å². The maximum atomic E-state index is 10.6. The fourth-order valence-corrected chi connectivity index (χ4v) is 3.90. The molecule has 0 aliphatic carbocycles. The van der Waals surface area contributed by atoms with Crippen molar-refractivity contribution in [2.24, 2.45) is 0 Å². The van der Waals surface area contributed by atoms with Gasteiger partial charge in [-0.15, -0.1) is 0 Å². The molecule has 3 aromatic rings. The van der Waals surface area contributed by atoms with E-state index in [0.717, 1.165) is 12.0 Å². The van der Waals surface area contributed by atoms with Crippen LogP contribution in [0.5, 0.6) is 5.75 Å². The fraction of sp³-hybridized carbons (Fsp3) is 0.217. The molecule has 0 saturated heterocycles. The SMILES string of the molecule is CCC(c1ccccc1)C(C)(c1ccccc1)c1ccccc1O. The largest absolute Gasteiger partial charge is 0.508 e. The Bertz CT molecular complexity index is 779. The van der Waals surface area contributed by atoms with Crippen molar-refractivity contribution in [2.75, 3.05) is 0 Å². The third-order valence-electron chi connectivity index (χ3n) is 5.14. The van der Waals surface area contributed by atoms with Crippen LogP contribution in [0.25, 0.3) is 0 Å². The summed E-state index contributed by atoms with van der Waals surface area (Å²) in [5.41, 5.74) is 3.20. The normalized spacial score (nSPS) is 14.8. The van der Waals surface area contributed by atoms with Crippen LogP contribution in [0.15, 0.2) is 84.9 Å². The molecule has 122 valence electrons. The van der Waals surface area contributed by atoms with Crippen molar-refractivity contribution in [3.05, 3.63) is 102 Å². The molecule has 3 aromatic carbocycles. The second kappa shape index (κ2) is 6.92. The number of hydrogen-bond donors (Lipinski definition) is 1. The second-order valence-electron chi connectivity index (χ2n) is 6.46. The molecule has 0 heterocycles. The van der Waals surface area contributed by atoms with Crippen molar-refractivity contribution < 1.29 is 5.11 Å². The van der Waals surface area contributed by atoms with Gasteiger partial charge in [-0.3, -0.25) is 0 Å². The van der Waals surface area contributed by atoms with E-state index < -0.39 is 0 Å². The molecule has 0 aliphatic rings. The molecule has 2 unspecified atom stereocenters. The van der Waals surface area contributed by atoms with Crippen molar-refractivity contribution in [1.29, 1.82) is 0 Å². The minimum Gasteiger partial charge on any atom is -0.508 e. The highest BCUT2D eigenvalue weighted by molar-refractivity contribution is 5.49. The Balaban J connectivity index is 2.25. The molecular weight excluding hydrogens is 292 g/mol. The molecule has 0 radical (unpaired) electrons. The lowest BCUT2D eigenvalue weighted by molar-refractivity contribution is 0.399. The maximum Gasteiger partial charge on any atom is 0.119 e. The highest BCUT2D eigenvalue weighted by atomic mass is 16.3. The summed E-state index contributed by atoms with van der Waals surface area (Å²) in [6, 6.07) is 28.9. The second-order valence-corrected chi connectivity index (χ2v) is 6.46. The number of aromatic hydroxyl groups is 1. The Kier molecular flexibility index (Phi) is 4.71. The Morgan fingerprint density at radius 3 is 1.92 bits per heavy atom. The smallest absolute Gasteiger partial charge is 0.119 e. The average molecular weight is 316 g/mol. The van der Waals surface area contributed by atoms with Crippen molar-refractivity contribution >= 4 is 0 Å². The van der Waals surface area contributed by atoms with Crippen LogP contribution >= 0.6 is 0 Å². The molecule has 0 spiro atoms. The first-order chi connectivity index (χ1) is 11.7. The molecule has 3 rings (SSSR count). The molecule has 1 heteroatoms. The van der Waals surface area contributed by atoms with E-state index in [1.54, 1.807) is 6.07 Å². The maximum absolute atomic E-state index is 10.6. The van der Waals surface area contributed by atoms with E-state index in [-0.39, 0.29) is 11.3 Å². The first kappa shape index (κ1) is 16.3. The lowest BCUT2D eigenvalue weighted by atomic mass is 9.64. The topological polar surface area (TPSA) is 20.2 Å². The standard InChI is InChI=1S/C23H24O/c1-3-20(18-12-6-4-7-13-18)23(2,19-14-8-5-9-15-19)21-16-10-11-17-22(21)24/h4-17,20,24H,3H2,1-2H3. The summed E-state index contributed by atoms with van der Waals surface area (Å²) in [4.78, 5) is 0. The van der Waals surface area contributed by atoms with Gasteiger partial charge in [-0.1, -0.05) is 92.7 Å². The van der Waals surface area contributed by atoms with Gasteiger partial charge in [-0.2, -0.15) is 0 Å². The molecule has 0 bridgehead atoms. The van der Waals surface area contributed by atoms with Gasteiger partial charge in [-0.25, -0.2) is 0 Å². The summed E-state index contributed by atoms with van der Waals surface area (Å²) in [5, 5.41) is 10.6. The predicted octanol–water partition coefficient (Wildman–Crippen LogP) is 5.89. The molecule has 1 nitrogen and oxygen atoms in total. The minimum atomic E-state index is -0.303. The number of hydrogen-bond acceptors (Lipinski definition) is 1. The van der Waals surface area contributed by atoms with Gasteiger partial charge in [0.05, 0.1) is 0 Å². The van der Waals surface area contributed by atoms with Crippen LogP contribution in [0, 0.1) is 0 Å². The van der Waals surface area contributed by atoms with Crippen LogP contribution in [0.2, 0.25) is 0 Å². The van der Waals surface area contributed by atoms with Gasteiger partial charge in [0.15, 0.2) is 0 Å². The zero-order chi connectivity index (χ0) is 17.0. The quantitative estimate of drug-likeness (QED) is 0.622. The van der Waals surface area contributed by atoms with Gasteiger partial charge >= 0.3 is 0 Å². The van der Waals surface area contributed by atoms with Gasteiger partial charge in [0.25, 0.3) is 0 Å². The molecule has 0 aromatic heterocycles. The van der Waals surface area contributed by atoms with Crippen LogP contribution in [0.1, 0.15) is 42.9 Å². The summed E-state index contributed by atoms with van der Waals surface area (Å²) in [6.45, 7) is 4.47. The van der Waals surface area contributed by atoms with E-state index in [9.17, 15) is 5.11 Å². The van der Waals surface area contributed by atoms with Crippen molar-refractivity contribution in [2.45, 2.75) is 31.6 Å². The summed E-state index contributed by atoms with van der Waals surface area (Å²) >= 11 is 0. The molecule has 2 atom stereocenters. The summed E-state index contributed by atoms with van der Waals surface area (Å²) in [6.07, 6.45) is 0.990. The molecule has 0 aliphatic heterocycles. The Hall–Kier alpha value is -2.54. The molecule has 24 heavy (non-hydrogen) atoms. The van der Waals surface area contributed by atoms with Crippen molar-refractivity contribution in [1.82, 2.24) is 0 Å². The third-order valence-corrected chi connectivity index (χ3v) is 5.14. The summed E-state index contributed by atoms with van der Waals surface area (Å²) in [7, 11) is 0. The zero-order valence-corrected chi connectivity index (χ0v) is 14.3. The van der Waals surface area contributed by atoms with Gasteiger partial charge in [0.1, 0.15) is 5.75 Å². The minimum absolute atomic E-state index is 0.273. The zero-order valence-electron chi connectivity index (χ0n) is 14.3. The Morgan fingerprint density at radius 1 is 0.792 bits per heavy atom. The van der Waals surface area contributed by atoms with Gasteiger partial charge < -0.3 is 5.11 Å². The summed E-state index contributed by atoms with van der Waals surface area (Å²) < 4.78 is 0. The van der Waals surface area contributed by atoms with Crippen LogP contribution in [-0.2, 0) is 5.41 Å². The highest BCUT2D eigenvalue weighted by Crippen LogP contribution is 2.48. The monoisotopic (exact) mass is 316 g/mol. The van der Waals surface area contributed by atoms with Crippen LogP contribution in [0.3, 0.4) is 0 Å². The first-order valence-corrected chi connectivity index (χ1v) is 8.57. The predicted molar refractivity (Wildman–Crippen MR) is 100 cm³/mol. The Morgan fingerprint density at radius 2 is 1.33 bits per heavy atom. The number of benzene rings is 3. The van der Waals surface area contributed by atoms with E-state index in [2.05, 4.69) is 68.4 Å². The van der Waals surface area contributed by atoms with E-state index in [1.165, 1.54) is 11.1 Å². The fourth-order valence-electron chi connectivity index (χ4n) is 3.90. The van der Waals surface area contributed by atoms with Gasteiger partial charge in [0.2, 0.25) is 0 Å². The number of para-hydroxylation sites is 1. The average Bonchev–Trinajstić information content (AvgIpc) is 2.64. The number of rotatable bonds is 5. The van der Waals surface area contributed by atoms with E-state index >= 15 is 0 Å². The number of phenols is 1. The molecule has 0 fully saturated rings. The van der Waals surface area contributed by atoms with Gasteiger partial charge in [-0.05, 0) is 29.5 Å². The van der Waals surface area contributed by atoms with Crippen molar-refractivity contribution in [3.8, 4) is 5.75 Å².